The maximum absolute atomic E-state index is 13.1. The second kappa shape index (κ2) is 8.39. The van der Waals surface area contributed by atoms with E-state index in [1.165, 1.54) is 12.1 Å². The minimum Gasteiger partial charge on any atom is -0.494 e. The van der Waals surface area contributed by atoms with Crippen LogP contribution < -0.4 is 29.2 Å². The first-order chi connectivity index (χ1) is 15.0. The number of hydrogen-bond acceptors (Lipinski definition) is 7. The molecule has 0 spiro atoms. The summed E-state index contributed by atoms with van der Waals surface area (Å²) in [5, 5.41) is 2.20. The molecular weight excluding hydrogens is 404 g/mol. The summed E-state index contributed by atoms with van der Waals surface area (Å²) in [6, 6.07) is 8.89. The number of anilines is 1. The SMILES string of the molecule is CCOc1ccc(/C=C2\C(=O)NC(=O)N(c3ccc4c(c3)OCO4)C2=O)c(OCC)c1. The Kier molecular flexibility index (Phi) is 5.48. The van der Waals surface area contributed by atoms with Crippen molar-refractivity contribution < 1.29 is 33.3 Å². The summed E-state index contributed by atoms with van der Waals surface area (Å²) in [4.78, 5) is 38.9. The van der Waals surface area contributed by atoms with Gasteiger partial charge in [0.2, 0.25) is 6.79 Å². The highest BCUT2D eigenvalue weighted by atomic mass is 16.7. The van der Waals surface area contributed by atoms with E-state index in [9.17, 15) is 14.4 Å². The van der Waals surface area contributed by atoms with Gasteiger partial charge in [-0.3, -0.25) is 14.9 Å². The zero-order valence-corrected chi connectivity index (χ0v) is 17.0. The van der Waals surface area contributed by atoms with Crippen LogP contribution in [-0.2, 0) is 9.59 Å². The Morgan fingerprint density at radius 3 is 2.55 bits per heavy atom. The molecule has 2 aromatic carbocycles. The van der Waals surface area contributed by atoms with Crippen molar-refractivity contribution in [1.29, 1.82) is 0 Å². The van der Waals surface area contributed by atoms with Crippen LogP contribution in [-0.4, -0.2) is 37.9 Å². The Morgan fingerprint density at radius 2 is 1.77 bits per heavy atom. The molecule has 0 unspecified atom stereocenters. The standard InChI is InChI=1S/C22H20N2O7/c1-3-28-15-7-5-13(18(11-15)29-4-2)9-16-20(25)23-22(27)24(21(16)26)14-6-8-17-19(10-14)31-12-30-17/h5-11H,3-4,12H2,1-2H3,(H,23,25,27)/b16-9+. The molecule has 1 fully saturated rings. The van der Waals surface area contributed by atoms with Crippen LogP contribution in [0.1, 0.15) is 19.4 Å². The van der Waals surface area contributed by atoms with Crippen LogP contribution >= 0.6 is 0 Å². The van der Waals surface area contributed by atoms with Gasteiger partial charge in [-0.1, -0.05) is 0 Å². The number of carbonyl (C=O) groups excluding carboxylic acids is 3. The van der Waals surface area contributed by atoms with Gasteiger partial charge in [0.15, 0.2) is 11.5 Å². The van der Waals surface area contributed by atoms with Gasteiger partial charge < -0.3 is 18.9 Å². The van der Waals surface area contributed by atoms with E-state index in [0.29, 0.717) is 41.8 Å². The summed E-state index contributed by atoms with van der Waals surface area (Å²) in [5.74, 6) is 0.423. The molecule has 9 nitrogen and oxygen atoms in total. The fourth-order valence-corrected chi connectivity index (χ4v) is 3.24. The lowest BCUT2D eigenvalue weighted by molar-refractivity contribution is -0.122. The highest BCUT2D eigenvalue weighted by molar-refractivity contribution is 6.39. The molecule has 4 rings (SSSR count). The smallest absolute Gasteiger partial charge is 0.335 e. The minimum absolute atomic E-state index is 0.0561. The second-order valence-electron chi connectivity index (χ2n) is 6.56. The Balaban J connectivity index is 1.71. The van der Waals surface area contributed by atoms with E-state index in [0.717, 1.165) is 4.90 Å². The number of hydrogen-bond donors (Lipinski definition) is 1. The van der Waals surface area contributed by atoms with Gasteiger partial charge in [0.1, 0.15) is 17.1 Å². The van der Waals surface area contributed by atoms with Crippen molar-refractivity contribution >= 4 is 29.6 Å². The molecule has 31 heavy (non-hydrogen) atoms. The van der Waals surface area contributed by atoms with Crippen LogP contribution in [0.2, 0.25) is 0 Å². The lowest BCUT2D eigenvalue weighted by atomic mass is 10.1. The summed E-state index contributed by atoms with van der Waals surface area (Å²) < 4.78 is 21.7. The number of urea groups is 1. The Morgan fingerprint density at radius 1 is 1.00 bits per heavy atom. The molecule has 1 N–H and O–H groups in total. The van der Waals surface area contributed by atoms with E-state index in [2.05, 4.69) is 5.32 Å². The number of fused-ring (bicyclic) bond motifs is 1. The number of rotatable bonds is 6. The number of nitrogens with zero attached hydrogens (tertiary/aromatic N) is 1. The molecule has 2 aliphatic rings. The van der Waals surface area contributed by atoms with Crippen molar-refractivity contribution in [1.82, 2.24) is 5.32 Å². The number of ether oxygens (including phenoxy) is 4. The highest BCUT2D eigenvalue weighted by Gasteiger charge is 2.37. The molecule has 9 heteroatoms. The molecule has 2 aliphatic heterocycles. The van der Waals surface area contributed by atoms with Crippen LogP contribution in [0, 0.1) is 0 Å². The van der Waals surface area contributed by atoms with Gasteiger partial charge >= 0.3 is 6.03 Å². The predicted octanol–water partition coefficient (Wildman–Crippen LogP) is 2.88. The van der Waals surface area contributed by atoms with E-state index in [4.69, 9.17) is 18.9 Å². The van der Waals surface area contributed by atoms with Crippen LogP contribution in [0.5, 0.6) is 23.0 Å². The predicted molar refractivity (Wildman–Crippen MR) is 110 cm³/mol. The zero-order chi connectivity index (χ0) is 22.0. The summed E-state index contributed by atoms with van der Waals surface area (Å²) in [6.07, 6.45) is 1.39. The van der Waals surface area contributed by atoms with E-state index >= 15 is 0 Å². The van der Waals surface area contributed by atoms with Crippen molar-refractivity contribution in [3.8, 4) is 23.0 Å². The number of nitrogens with one attached hydrogen (secondary N) is 1. The third kappa shape index (κ3) is 3.89. The number of benzene rings is 2. The third-order valence-corrected chi connectivity index (χ3v) is 4.61. The van der Waals surface area contributed by atoms with Crippen molar-refractivity contribution in [2.45, 2.75) is 13.8 Å². The lowest BCUT2D eigenvalue weighted by Gasteiger charge is -2.26. The van der Waals surface area contributed by atoms with Gasteiger partial charge in [-0.15, -0.1) is 0 Å². The van der Waals surface area contributed by atoms with Crippen LogP contribution in [0.15, 0.2) is 42.0 Å². The molecule has 0 aliphatic carbocycles. The zero-order valence-electron chi connectivity index (χ0n) is 17.0. The fraction of sp³-hybridized carbons (Fsp3) is 0.227. The fourth-order valence-electron chi connectivity index (χ4n) is 3.24. The third-order valence-electron chi connectivity index (χ3n) is 4.61. The average Bonchev–Trinajstić information content (AvgIpc) is 3.21. The number of carbonyl (C=O) groups is 3. The number of barbiturate groups is 1. The highest BCUT2D eigenvalue weighted by Crippen LogP contribution is 2.36. The lowest BCUT2D eigenvalue weighted by Crippen LogP contribution is -2.54. The molecule has 0 aromatic heterocycles. The van der Waals surface area contributed by atoms with Crippen LogP contribution in [0.4, 0.5) is 10.5 Å². The number of imide groups is 2. The average molecular weight is 424 g/mol. The van der Waals surface area contributed by atoms with Crippen molar-refractivity contribution in [2.24, 2.45) is 0 Å². The number of amides is 4. The van der Waals surface area contributed by atoms with E-state index in [1.54, 1.807) is 30.3 Å². The second-order valence-corrected chi connectivity index (χ2v) is 6.56. The quantitative estimate of drug-likeness (QED) is 0.562. The Labute approximate surface area is 178 Å². The van der Waals surface area contributed by atoms with E-state index < -0.39 is 17.8 Å². The maximum Gasteiger partial charge on any atom is 0.335 e. The first-order valence-electron chi connectivity index (χ1n) is 9.72. The van der Waals surface area contributed by atoms with Crippen molar-refractivity contribution in [3.05, 3.63) is 47.5 Å². The molecular formula is C22H20N2O7. The topological polar surface area (TPSA) is 103 Å². The van der Waals surface area contributed by atoms with Gasteiger partial charge in [-0.2, -0.15) is 0 Å². The largest absolute Gasteiger partial charge is 0.494 e. The summed E-state index contributed by atoms with van der Waals surface area (Å²) >= 11 is 0. The Bertz CT molecular complexity index is 1090. The summed E-state index contributed by atoms with van der Waals surface area (Å²) in [5.41, 5.74) is 0.549. The molecule has 0 radical (unpaired) electrons. The summed E-state index contributed by atoms with van der Waals surface area (Å²) in [6.45, 7) is 4.61. The molecule has 0 atom stereocenters. The van der Waals surface area contributed by atoms with Crippen molar-refractivity contribution in [3.63, 3.8) is 0 Å². The maximum atomic E-state index is 13.1. The van der Waals surface area contributed by atoms with E-state index in [-0.39, 0.29) is 18.1 Å². The first kappa shape index (κ1) is 20.3. The molecule has 2 heterocycles. The first-order valence-corrected chi connectivity index (χ1v) is 9.72. The van der Waals surface area contributed by atoms with Gasteiger partial charge in [0.25, 0.3) is 11.8 Å². The van der Waals surface area contributed by atoms with Crippen LogP contribution in [0.3, 0.4) is 0 Å². The molecule has 0 bridgehead atoms. The van der Waals surface area contributed by atoms with Gasteiger partial charge in [-0.05, 0) is 44.2 Å². The summed E-state index contributed by atoms with van der Waals surface area (Å²) in [7, 11) is 0. The normalized spacial score (nSPS) is 16.5. The Hall–Kier alpha value is -4.01. The molecule has 4 amide bonds. The van der Waals surface area contributed by atoms with Gasteiger partial charge in [-0.25, -0.2) is 9.69 Å². The van der Waals surface area contributed by atoms with Crippen molar-refractivity contribution in [2.75, 3.05) is 24.9 Å². The molecule has 160 valence electrons. The molecule has 1 saturated heterocycles. The molecule has 0 saturated carbocycles. The van der Waals surface area contributed by atoms with Gasteiger partial charge in [0, 0.05) is 17.7 Å². The molecule has 2 aromatic rings. The monoisotopic (exact) mass is 424 g/mol. The van der Waals surface area contributed by atoms with Crippen LogP contribution in [0.25, 0.3) is 6.08 Å². The van der Waals surface area contributed by atoms with E-state index in [1.807, 2.05) is 13.8 Å². The minimum atomic E-state index is -0.845. The van der Waals surface area contributed by atoms with Gasteiger partial charge in [0.05, 0.1) is 18.9 Å².